The van der Waals surface area contributed by atoms with Gasteiger partial charge in [0.15, 0.2) is 0 Å². The first-order valence-corrected chi connectivity index (χ1v) is 10.8. The Morgan fingerprint density at radius 3 is 2.73 bits per heavy atom. The molecule has 5 rings (SSSR count). The molecule has 1 aliphatic heterocycles. The summed E-state index contributed by atoms with van der Waals surface area (Å²) in [6, 6.07) is 7.40. The van der Waals surface area contributed by atoms with Gasteiger partial charge < -0.3 is 14.2 Å². The lowest BCUT2D eigenvalue weighted by Crippen LogP contribution is -2.33. The van der Waals surface area contributed by atoms with Gasteiger partial charge in [0.2, 0.25) is 0 Å². The highest BCUT2D eigenvalue weighted by Gasteiger charge is 2.24. The Kier molecular flexibility index (Phi) is 5.02. The summed E-state index contributed by atoms with van der Waals surface area (Å²) in [5.74, 6) is 2.67. The minimum absolute atomic E-state index is 0.0580. The van der Waals surface area contributed by atoms with Crippen molar-refractivity contribution < 1.29 is 9.53 Å². The first kappa shape index (κ1) is 18.9. The Balaban J connectivity index is 1.29. The molecular weight excluding hydrogens is 378 g/mol. The zero-order valence-electron chi connectivity index (χ0n) is 17.3. The number of amides is 1. The van der Waals surface area contributed by atoms with Crippen LogP contribution in [0.4, 0.5) is 0 Å². The number of carbonyl (C=O) groups excluding carboxylic acids is 1. The molecule has 30 heavy (non-hydrogen) atoms. The molecule has 1 aromatic carbocycles. The molecule has 0 spiro atoms. The van der Waals surface area contributed by atoms with E-state index in [1.165, 1.54) is 12.8 Å². The maximum atomic E-state index is 13.0. The Morgan fingerprint density at radius 1 is 1.13 bits per heavy atom. The fraction of sp³-hybridized carbons (Fsp3) is 0.435. The number of ether oxygens (including phenoxy) is 1. The number of hydrogen-bond donors (Lipinski definition) is 0. The molecule has 156 valence electrons. The van der Waals surface area contributed by atoms with Crippen LogP contribution in [0.1, 0.15) is 35.9 Å². The van der Waals surface area contributed by atoms with Crippen molar-refractivity contribution in [3.05, 3.63) is 54.2 Å². The average Bonchev–Trinajstić information content (AvgIpc) is 3.37. The van der Waals surface area contributed by atoms with E-state index in [9.17, 15) is 4.79 Å². The van der Waals surface area contributed by atoms with Crippen molar-refractivity contribution in [2.24, 2.45) is 5.92 Å². The average molecular weight is 406 g/mol. The molecule has 7 nitrogen and oxygen atoms in total. The van der Waals surface area contributed by atoms with Crippen molar-refractivity contribution in [1.29, 1.82) is 0 Å². The second-order valence-corrected chi connectivity index (χ2v) is 8.11. The van der Waals surface area contributed by atoms with Crippen LogP contribution in [0.3, 0.4) is 0 Å². The van der Waals surface area contributed by atoms with Gasteiger partial charge in [-0.1, -0.05) is 0 Å². The van der Waals surface area contributed by atoms with E-state index in [0.29, 0.717) is 25.3 Å². The Labute approximate surface area is 176 Å². The van der Waals surface area contributed by atoms with Crippen LogP contribution in [0.5, 0.6) is 5.75 Å². The number of aromatic nitrogens is 4. The van der Waals surface area contributed by atoms with Gasteiger partial charge in [0.1, 0.15) is 11.6 Å². The molecule has 2 aromatic heterocycles. The van der Waals surface area contributed by atoms with E-state index >= 15 is 0 Å². The van der Waals surface area contributed by atoms with Crippen LogP contribution < -0.4 is 4.74 Å². The van der Waals surface area contributed by atoms with Gasteiger partial charge in [-0.2, -0.15) is 5.10 Å². The SMILES string of the molecule is CCOc1ccc(C(=O)N2CCc3ncc(-c4cnn(CC5CC5)c4)n3CC2)cc1. The fourth-order valence-electron chi connectivity index (χ4n) is 4.07. The highest BCUT2D eigenvalue weighted by atomic mass is 16.5. The highest BCUT2D eigenvalue weighted by molar-refractivity contribution is 5.94. The predicted octanol–water partition coefficient (Wildman–Crippen LogP) is 3.25. The molecular formula is C23H27N5O2. The Morgan fingerprint density at radius 2 is 1.97 bits per heavy atom. The minimum atomic E-state index is 0.0580. The van der Waals surface area contributed by atoms with Gasteiger partial charge in [0.25, 0.3) is 5.91 Å². The van der Waals surface area contributed by atoms with E-state index in [1.807, 2.05) is 53.2 Å². The predicted molar refractivity (Wildman–Crippen MR) is 113 cm³/mol. The molecule has 0 radical (unpaired) electrons. The van der Waals surface area contributed by atoms with Crippen LogP contribution in [0, 0.1) is 5.92 Å². The normalized spacial score (nSPS) is 16.2. The van der Waals surface area contributed by atoms with Crippen molar-refractivity contribution in [2.75, 3.05) is 19.7 Å². The quantitative estimate of drug-likeness (QED) is 0.631. The highest BCUT2D eigenvalue weighted by Crippen LogP contribution is 2.31. The summed E-state index contributed by atoms with van der Waals surface area (Å²) in [4.78, 5) is 19.6. The maximum Gasteiger partial charge on any atom is 0.253 e. The Hall–Kier alpha value is -3.09. The number of imidazole rings is 1. The lowest BCUT2D eigenvalue weighted by Gasteiger charge is -2.20. The number of fused-ring (bicyclic) bond motifs is 1. The standard InChI is InChI=1S/C23H27N5O2/c1-2-30-20-7-5-18(6-8-20)23(29)26-10-9-22-24-14-21(28(22)12-11-26)19-13-25-27(16-19)15-17-3-4-17/h5-8,13-14,16-17H,2-4,9-12,15H2,1H3. The van der Waals surface area contributed by atoms with Crippen molar-refractivity contribution in [1.82, 2.24) is 24.2 Å². The van der Waals surface area contributed by atoms with Crippen LogP contribution in [-0.2, 0) is 19.5 Å². The molecule has 0 N–H and O–H groups in total. The molecule has 1 fully saturated rings. The van der Waals surface area contributed by atoms with Crippen LogP contribution in [0.2, 0.25) is 0 Å². The zero-order valence-corrected chi connectivity index (χ0v) is 17.3. The molecule has 0 unspecified atom stereocenters. The molecule has 0 saturated heterocycles. The van der Waals surface area contributed by atoms with E-state index in [-0.39, 0.29) is 5.91 Å². The van der Waals surface area contributed by atoms with Crippen molar-refractivity contribution in [3.63, 3.8) is 0 Å². The lowest BCUT2D eigenvalue weighted by atomic mass is 10.2. The van der Waals surface area contributed by atoms with Crippen molar-refractivity contribution >= 4 is 5.91 Å². The van der Waals surface area contributed by atoms with Gasteiger partial charge in [0.05, 0.1) is 24.7 Å². The van der Waals surface area contributed by atoms with Gasteiger partial charge in [0, 0.05) is 49.9 Å². The van der Waals surface area contributed by atoms with Crippen LogP contribution in [-0.4, -0.2) is 49.8 Å². The first-order chi connectivity index (χ1) is 14.7. The summed E-state index contributed by atoms with van der Waals surface area (Å²) in [6.45, 7) is 5.65. The Bertz CT molecular complexity index is 1030. The van der Waals surface area contributed by atoms with Crippen LogP contribution in [0.25, 0.3) is 11.3 Å². The molecule has 1 aliphatic carbocycles. The molecule has 3 heterocycles. The third kappa shape index (κ3) is 3.84. The lowest BCUT2D eigenvalue weighted by molar-refractivity contribution is 0.0759. The summed E-state index contributed by atoms with van der Waals surface area (Å²) < 4.78 is 9.76. The molecule has 1 saturated carbocycles. The number of rotatable bonds is 6. The number of benzene rings is 1. The molecule has 2 aliphatic rings. The van der Waals surface area contributed by atoms with Crippen LogP contribution in [0.15, 0.2) is 42.9 Å². The van der Waals surface area contributed by atoms with E-state index in [2.05, 4.69) is 20.8 Å². The number of hydrogen-bond acceptors (Lipinski definition) is 4. The van der Waals surface area contributed by atoms with Crippen molar-refractivity contribution in [2.45, 2.75) is 39.3 Å². The van der Waals surface area contributed by atoms with Gasteiger partial charge in [-0.05, 0) is 49.9 Å². The smallest absolute Gasteiger partial charge is 0.253 e. The molecule has 3 aromatic rings. The summed E-state index contributed by atoms with van der Waals surface area (Å²) in [7, 11) is 0. The summed E-state index contributed by atoms with van der Waals surface area (Å²) in [5.41, 5.74) is 2.88. The molecule has 0 bridgehead atoms. The second-order valence-electron chi connectivity index (χ2n) is 8.11. The fourth-order valence-corrected chi connectivity index (χ4v) is 4.07. The molecule has 1 amide bonds. The summed E-state index contributed by atoms with van der Waals surface area (Å²) in [5, 5.41) is 4.53. The van der Waals surface area contributed by atoms with E-state index in [1.54, 1.807) is 0 Å². The zero-order chi connectivity index (χ0) is 20.5. The topological polar surface area (TPSA) is 65.2 Å². The van der Waals surface area contributed by atoms with Crippen LogP contribution >= 0.6 is 0 Å². The van der Waals surface area contributed by atoms with Gasteiger partial charge >= 0.3 is 0 Å². The minimum Gasteiger partial charge on any atom is -0.494 e. The summed E-state index contributed by atoms with van der Waals surface area (Å²) >= 11 is 0. The van der Waals surface area contributed by atoms with Gasteiger partial charge in [-0.3, -0.25) is 9.48 Å². The summed E-state index contributed by atoms with van der Waals surface area (Å²) in [6.07, 6.45) is 9.37. The molecule has 7 heteroatoms. The van der Waals surface area contributed by atoms with E-state index in [4.69, 9.17) is 4.74 Å². The monoisotopic (exact) mass is 405 g/mol. The van der Waals surface area contributed by atoms with E-state index < -0.39 is 0 Å². The largest absolute Gasteiger partial charge is 0.494 e. The van der Waals surface area contributed by atoms with Gasteiger partial charge in [-0.25, -0.2) is 4.98 Å². The first-order valence-electron chi connectivity index (χ1n) is 10.8. The maximum absolute atomic E-state index is 13.0. The van der Waals surface area contributed by atoms with Crippen molar-refractivity contribution in [3.8, 4) is 17.0 Å². The van der Waals surface area contributed by atoms with Gasteiger partial charge in [-0.15, -0.1) is 0 Å². The third-order valence-corrected chi connectivity index (χ3v) is 5.91. The van der Waals surface area contributed by atoms with E-state index in [0.717, 1.165) is 48.3 Å². The molecule has 0 atom stereocenters. The second kappa shape index (κ2) is 7.97. The number of nitrogens with zero attached hydrogens (tertiary/aromatic N) is 5. The number of carbonyl (C=O) groups is 1. The third-order valence-electron chi connectivity index (χ3n) is 5.91.